The maximum absolute atomic E-state index is 12.1. The minimum absolute atomic E-state index is 0.0389. The van der Waals surface area contributed by atoms with Crippen molar-refractivity contribution in [3.05, 3.63) is 23.9 Å². The Hall–Kier alpha value is -1.29. The Morgan fingerprint density at radius 2 is 2.14 bits per heavy atom. The predicted molar refractivity (Wildman–Crippen MR) is 85.0 cm³/mol. The van der Waals surface area contributed by atoms with Crippen molar-refractivity contribution in [3.63, 3.8) is 0 Å². The quantitative estimate of drug-likeness (QED) is 0.523. The Bertz CT molecular complexity index is 372. The second kappa shape index (κ2) is 9.61. The highest BCUT2D eigenvalue weighted by Crippen LogP contribution is 2.28. The zero-order valence-corrected chi connectivity index (χ0v) is 13.6. The van der Waals surface area contributed by atoms with Gasteiger partial charge in [-0.15, -0.1) is 6.58 Å². The molecule has 0 fully saturated rings. The monoisotopic (exact) mass is 295 g/mol. The average Bonchev–Trinajstić information content (AvgIpc) is 2.51. The van der Waals surface area contributed by atoms with Crippen molar-refractivity contribution in [2.24, 2.45) is 0 Å². The van der Waals surface area contributed by atoms with Crippen molar-refractivity contribution in [1.29, 1.82) is 0 Å². The molecular weight excluding hydrogens is 266 g/mol. The van der Waals surface area contributed by atoms with Crippen LogP contribution in [0.25, 0.3) is 0 Å². The van der Waals surface area contributed by atoms with E-state index < -0.39 is 0 Å². The second-order valence-electron chi connectivity index (χ2n) is 5.24. The summed E-state index contributed by atoms with van der Waals surface area (Å²) in [5.74, 6) is -0.220. The van der Waals surface area contributed by atoms with Crippen LogP contribution in [0.4, 0.5) is 0 Å². The lowest BCUT2D eigenvalue weighted by Gasteiger charge is -2.31. The molecule has 21 heavy (non-hydrogen) atoms. The predicted octanol–water partition coefficient (Wildman–Crippen LogP) is 3.34. The molecule has 1 unspecified atom stereocenters. The van der Waals surface area contributed by atoms with Crippen LogP contribution in [0.5, 0.6) is 0 Å². The van der Waals surface area contributed by atoms with E-state index in [1.54, 1.807) is 6.08 Å². The summed E-state index contributed by atoms with van der Waals surface area (Å²) in [6.45, 7) is 10.8. The summed E-state index contributed by atoms with van der Waals surface area (Å²) < 4.78 is 11.4. The van der Waals surface area contributed by atoms with Crippen molar-refractivity contribution in [2.75, 3.05) is 13.2 Å². The number of esters is 1. The first-order chi connectivity index (χ1) is 10.2. The first-order valence-corrected chi connectivity index (χ1v) is 8.08. The van der Waals surface area contributed by atoms with Gasteiger partial charge in [-0.1, -0.05) is 19.9 Å². The molecule has 1 aliphatic rings. The number of nitrogens with one attached hydrogen (secondary N) is 1. The van der Waals surface area contributed by atoms with Crippen LogP contribution in [0.3, 0.4) is 0 Å². The van der Waals surface area contributed by atoms with Gasteiger partial charge in [0.1, 0.15) is 0 Å². The van der Waals surface area contributed by atoms with Gasteiger partial charge in [0, 0.05) is 6.54 Å². The molecule has 4 heteroatoms. The second-order valence-corrected chi connectivity index (χ2v) is 5.24. The summed E-state index contributed by atoms with van der Waals surface area (Å²) in [5.41, 5.74) is 1.63. The summed E-state index contributed by atoms with van der Waals surface area (Å²) in [5, 5.41) is 3.30. The minimum atomic E-state index is -0.220. The molecule has 0 saturated heterocycles. The van der Waals surface area contributed by atoms with Gasteiger partial charge in [-0.25, -0.2) is 4.79 Å². The molecule has 4 nitrogen and oxygen atoms in total. The molecule has 0 aromatic heterocycles. The highest BCUT2D eigenvalue weighted by atomic mass is 16.5. The van der Waals surface area contributed by atoms with Gasteiger partial charge in [-0.05, 0) is 39.0 Å². The Balaban J connectivity index is 2.95. The third kappa shape index (κ3) is 5.20. The largest absolute Gasteiger partial charge is 0.463 e. The third-order valence-electron chi connectivity index (χ3n) is 3.77. The zero-order chi connectivity index (χ0) is 15.7. The van der Waals surface area contributed by atoms with Crippen molar-refractivity contribution in [1.82, 2.24) is 5.32 Å². The molecule has 0 bridgehead atoms. The SMILES string of the molecule is C=CCNC1=C(C(=O)OCC)CCCC1OC(CC)CC. The maximum Gasteiger partial charge on any atom is 0.335 e. The summed E-state index contributed by atoms with van der Waals surface area (Å²) in [4.78, 5) is 12.1. The molecule has 0 heterocycles. The van der Waals surface area contributed by atoms with Crippen LogP contribution >= 0.6 is 0 Å². The van der Waals surface area contributed by atoms with Crippen molar-refractivity contribution < 1.29 is 14.3 Å². The lowest BCUT2D eigenvalue weighted by atomic mass is 9.93. The molecular formula is C17H29NO3. The summed E-state index contributed by atoms with van der Waals surface area (Å²) >= 11 is 0. The summed E-state index contributed by atoms with van der Waals surface area (Å²) in [7, 11) is 0. The Morgan fingerprint density at radius 3 is 2.71 bits per heavy atom. The third-order valence-corrected chi connectivity index (χ3v) is 3.77. The van der Waals surface area contributed by atoms with Gasteiger partial charge in [0.15, 0.2) is 0 Å². The Labute approximate surface area is 128 Å². The summed E-state index contributed by atoms with van der Waals surface area (Å²) in [6.07, 6.45) is 6.60. The van der Waals surface area contributed by atoms with E-state index in [-0.39, 0.29) is 18.2 Å². The van der Waals surface area contributed by atoms with Crippen molar-refractivity contribution in [3.8, 4) is 0 Å². The van der Waals surface area contributed by atoms with E-state index in [0.717, 1.165) is 43.4 Å². The van der Waals surface area contributed by atoms with E-state index in [1.165, 1.54) is 0 Å². The van der Waals surface area contributed by atoms with E-state index in [0.29, 0.717) is 13.2 Å². The van der Waals surface area contributed by atoms with Gasteiger partial charge in [0.2, 0.25) is 0 Å². The van der Waals surface area contributed by atoms with Gasteiger partial charge < -0.3 is 14.8 Å². The molecule has 120 valence electrons. The molecule has 1 atom stereocenters. The lowest BCUT2D eigenvalue weighted by molar-refractivity contribution is -0.139. The van der Waals surface area contributed by atoms with Gasteiger partial charge in [-0.3, -0.25) is 0 Å². The van der Waals surface area contributed by atoms with Crippen LogP contribution in [0.2, 0.25) is 0 Å². The minimum Gasteiger partial charge on any atom is -0.463 e. The van der Waals surface area contributed by atoms with Crippen LogP contribution in [0.15, 0.2) is 23.9 Å². The molecule has 0 saturated carbocycles. The van der Waals surface area contributed by atoms with Crippen LogP contribution in [0, 0.1) is 0 Å². The van der Waals surface area contributed by atoms with E-state index >= 15 is 0 Å². The molecule has 1 rings (SSSR count). The standard InChI is InChI=1S/C17H29NO3/c1-5-12-18-16-14(17(19)20-8-4)10-9-11-15(16)21-13(6-2)7-3/h5,13,15,18H,1,6-12H2,2-4H3. The van der Waals surface area contributed by atoms with E-state index in [4.69, 9.17) is 9.47 Å². The average molecular weight is 295 g/mol. The normalized spacial score (nSPS) is 18.8. The van der Waals surface area contributed by atoms with E-state index in [9.17, 15) is 4.79 Å². The maximum atomic E-state index is 12.1. The zero-order valence-electron chi connectivity index (χ0n) is 13.6. The van der Waals surface area contributed by atoms with Crippen LogP contribution in [-0.2, 0) is 14.3 Å². The van der Waals surface area contributed by atoms with Gasteiger partial charge in [0.05, 0.1) is 30.1 Å². The first-order valence-electron chi connectivity index (χ1n) is 8.08. The number of ether oxygens (including phenoxy) is 2. The van der Waals surface area contributed by atoms with Crippen LogP contribution in [-0.4, -0.2) is 31.3 Å². The van der Waals surface area contributed by atoms with Crippen molar-refractivity contribution in [2.45, 2.75) is 65.1 Å². The summed E-state index contributed by atoms with van der Waals surface area (Å²) in [6, 6.07) is 0. The lowest BCUT2D eigenvalue weighted by Crippen LogP contribution is -2.35. The number of hydrogen-bond acceptors (Lipinski definition) is 4. The fourth-order valence-electron chi connectivity index (χ4n) is 2.62. The number of rotatable bonds is 9. The fraction of sp³-hybridized carbons (Fsp3) is 0.706. The Morgan fingerprint density at radius 1 is 1.43 bits per heavy atom. The topological polar surface area (TPSA) is 47.6 Å². The number of carbonyl (C=O) groups excluding carboxylic acids is 1. The van der Waals surface area contributed by atoms with Crippen LogP contribution in [0.1, 0.15) is 52.9 Å². The van der Waals surface area contributed by atoms with Gasteiger partial charge in [-0.2, -0.15) is 0 Å². The van der Waals surface area contributed by atoms with Gasteiger partial charge >= 0.3 is 5.97 Å². The molecule has 0 aliphatic heterocycles. The number of carbonyl (C=O) groups is 1. The highest BCUT2D eigenvalue weighted by Gasteiger charge is 2.29. The smallest absolute Gasteiger partial charge is 0.335 e. The van der Waals surface area contributed by atoms with Gasteiger partial charge in [0.25, 0.3) is 0 Å². The van der Waals surface area contributed by atoms with Crippen LogP contribution < -0.4 is 5.32 Å². The molecule has 1 aliphatic carbocycles. The fourth-order valence-corrected chi connectivity index (χ4v) is 2.62. The van der Waals surface area contributed by atoms with E-state index in [1.807, 2.05) is 6.92 Å². The highest BCUT2D eigenvalue weighted by molar-refractivity contribution is 5.89. The Kier molecular flexibility index (Phi) is 8.13. The van der Waals surface area contributed by atoms with Crippen molar-refractivity contribution >= 4 is 5.97 Å². The molecule has 0 radical (unpaired) electrons. The first kappa shape index (κ1) is 17.8. The van der Waals surface area contributed by atoms with E-state index in [2.05, 4.69) is 25.7 Å². The molecule has 0 aromatic rings. The molecule has 0 aromatic carbocycles. The molecule has 1 N–H and O–H groups in total. The molecule has 0 amide bonds. The number of hydrogen-bond donors (Lipinski definition) is 1. The molecule has 0 spiro atoms.